The van der Waals surface area contributed by atoms with Gasteiger partial charge in [-0.3, -0.25) is 4.72 Å². The zero-order valence-electron chi connectivity index (χ0n) is 10.2. The summed E-state index contributed by atoms with van der Waals surface area (Å²) in [4.78, 5) is 7.69. The Balaban J connectivity index is 2.37. The Labute approximate surface area is 125 Å². The van der Waals surface area contributed by atoms with Crippen molar-refractivity contribution in [2.24, 2.45) is 0 Å². The number of halogens is 2. The molecule has 0 saturated heterocycles. The quantitative estimate of drug-likeness (QED) is 0.929. The molecule has 0 bridgehead atoms. The van der Waals surface area contributed by atoms with E-state index in [1.54, 1.807) is 0 Å². The second kappa shape index (κ2) is 5.82. The first-order valence-electron chi connectivity index (χ1n) is 5.27. The maximum atomic E-state index is 12.2. The van der Waals surface area contributed by atoms with Gasteiger partial charge in [-0.05, 0) is 24.3 Å². The van der Waals surface area contributed by atoms with Gasteiger partial charge in [-0.15, -0.1) is 0 Å². The van der Waals surface area contributed by atoms with Gasteiger partial charge in [0.1, 0.15) is 5.15 Å². The fourth-order valence-corrected chi connectivity index (χ4v) is 2.63. The van der Waals surface area contributed by atoms with Gasteiger partial charge in [0, 0.05) is 5.02 Å². The number of hydrogen-bond donors (Lipinski definition) is 1. The van der Waals surface area contributed by atoms with Gasteiger partial charge in [0.25, 0.3) is 15.9 Å². The maximum Gasteiger partial charge on any atom is 0.263 e. The first kappa shape index (κ1) is 14.8. The lowest BCUT2D eigenvalue weighted by Crippen LogP contribution is -2.15. The Morgan fingerprint density at radius 3 is 2.45 bits per heavy atom. The molecule has 1 aromatic carbocycles. The van der Waals surface area contributed by atoms with E-state index in [1.165, 1.54) is 37.6 Å². The third kappa shape index (κ3) is 3.30. The van der Waals surface area contributed by atoms with Crippen molar-refractivity contribution in [1.82, 2.24) is 9.97 Å². The summed E-state index contributed by atoms with van der Waals surface area (Å²) in [7, 11) is -2.48. The molecule has 0 atom stereocenters. The number of hydrogen-bond acceptors (Lipinski definition) is 5. The van der Waals surface area contributed by atoms with E-state index in [9.17, 15) is 8.42 Å². The van der Waals surface area contributed by atoms with Crippen LogP contribution in [0.2, 0.25) is 10.2 Å². The predicted molar refractivity (Wildman–Crippen MR) is 75.9 cm³/mol. The Morgan fingerprint density at radius 2 is 1.85 bits per heavy atom. The lowest BCUT2D eigenvalue weighted by Gasteiger charge is -2.10. The molecule has 9 heteroatoms. The van der Waals surface area contributed by atoms with Crippen molar-refractivity contribution in [2.45, 2.75) is 4.90 Å². The second-order valence-corrected chi connectivity index (χ2v) is 6.12. The van der Waals surface area contributed by atoms with Crippen LogP contribution in [-0.4, -0.2) is 25.5 Å². The summed E-state index contributed by atoms with van der Waals surface area (Å²) >= 11 is 11.4. The molecule has 0 aliphatic heterocycles. The zero-order valence-corrected chi connectivity index (χ0v) is 12.5. The standard InChI is InChI=1S/C11H9Cl2N3O3S/c1-19-11-10(15-9(13)6-14-11)16-20(17,18)8-4-2-7(12)3-5-8/h2-6H,1H3,(H,15,16). The third-order valence-corrected chi connectivity index (χ3v) is 4.05. The highest BCUT2D eigenvalue weighted by Crippen LogP contribution is 2.24. The number of anilines is 1. The van der Waals surface area contributed by atoms with Crippen LogP contribution in [0, 0.1) is 0 Å². The summed E-state index contributed by atoms with van der Waals surface area (Å²) in [5.74, 6) is -0.0677. The summed E-state index contributed by atoms with van der Waals surface area (Å²) in [6.45, 7) is 0. The minimum absolute atomic E-state index is 0.0203. The number of benzene rings is 1. The van der Waals surface area contributed by atoms with Gasteiger partial charge < -0.3 is 4.74 Å². The summed E-state index contributed by atoms with van der Waals surface area (Å²) in [6, 6.07) is 5.68. The minimum atomic E-state index is -3.83. The van der Waals surface area contributed by atoms with Crippen LogP contribution in [0.4, 0.5) is 5.82 Å². The third-order valence-electron chi connectivity index (χ3n) is 2.26. The SMILES string of the molecule is COc1ncc(Cl)nc1NS(=O)(=O)c1ccc(Cl)cc1. The monoisotopic (exact) mass is 333 g/mol. The molecular weight excluding hydrogens is 325 g/mol. The van der Waals surface area contributed by atoms with Gasteiger partial charge in [0.2, 0.25) is 5.82 Å². The van der Waals surface area contributed by atoms with Gasteiger partial charge in [0.15, 0.2) is 0 Å². The number of nitrogens with zero attached hydrogens (tertiary/aromatic N) is 2. The van der Waals surface area contributed by atoms with Crippen LogP contribution in [0.5, 0.6) is 5.88 Å². The van der Waals surface area contributed by atoms with E-state index < -0.39 is 10.0 Å². The van der Waals surface area contributed by atoms with E-state index in [0.717, 1.165) is 0 Å². The first-order chi connectivity index (χ1) is 9.42. The average molecular weight is 334 g/mol. The van der Waals surface area contributed by atoms with Crippen LogP contribution in [0.15, 0.2) is 35.4 Å². The Bertz CT molecular complexity index is 720. The molecule has 0 saturated carbocycles. The molecule has 2 aromatic rings. The molecule has 0 spiro atoms. The molecule has 20 heavy (non-hydrogen) atoms. The van der Waals surface area contributed by atoms with Crippen LogP contribution in [0.3, 0.4) is 0 Å². The number of sulfonamides is 1. The first-order valence-corrected chi connectivity index (χ1v) is 7.51. The molecule has 6 nitrogen and oxygen atoms in total. The number of nitrogens with one attached hydrogen (secondary N) is 1. The van der Waals surface area contributed by atoms with E-state index >= 15 is 0 Å². The predicted octanol–water partition coefficient (Wildman–Crippen LogP) is 2.59. The van der Waals surface area contributed by atoms with E-state index in [0.29, 0.717) is 5.02 Å². The van der Waals surface area contributed by atoms with Crippen molar-refractivity contribution in [1.29, 1.82) is 0 Å². The van der Waals surface area contributed by atoms with Crippen LogP contribution in [-0.2, 0) is 10.0 Å². The van der Waals surface area contributed by atoms with Gasteiger partial charge in [-0.2, -0.15) is 0 Å². The van der Waals surface area contributed by atoms with Crippen molar-refractivity contribution < 1.29 is 13.2 Å². The lowest BCUT2D eigenvalue weighted by molar-refractivity contribution is 0.398. The molecule has 0 radical (unpaired) electrons. The molecule has 0 unspecified atom stereocenters. The van der Waals surface area contributed by atoms with Crippen LogP contribution in [0.25, 0.3) is 0 Å². The van der Waals surface area contributed by atoms with Crippen LogP contribution >= 0.6 is 23.2 Å². The Morgan fingerprint density at radius 1 is 1.20 bits per heavy atom. The molecule has 1 N–H and O–H groups in total. The molecule has 106 valence electrons. The van der Waals surface area contributed by atoms with Gasteiger partial charge >= 0.3 is 0 Å². The number of rotatable bonds is 4. The Kier molecular flexibility index (Phi) is 4.32. The molecule has 1 aromatic heterocycles. The minimum Gasteiger partial charge on any atom is -0.478 e. The number of aromatic nitrogens is 2. The summed E-state index contributed by atoms with van der Waals surface area (Å²) in [5.41, 5.74) is 0. The van der Waals surface area contributed by atoms with Crippen molar-refractivity contribution >= 4 is 39.0 Å². The zero-order chi connectivity index (χ0) is 14.8. The molecule has 2 rings (SSSR count). The number of methoxy groups -OCH3 is 1. The van der Waals surface area contributed by atoms with Gasteiger partial charge in [0.05, 0.1) is 18.2 Å². The number of ether oxygens (including phenoxy) is 1. The summed E-state index contributed by atoms with van der Waals surface area (Å²) < 4.78 is 31.5. The van der Waals surface area contributed by atoms with E-state index in [1.807, 2.05) is 0 Å². The average Bonchev–Trinajstić information content (AvgIpc) is 2.39. The Hall–Kier alpha value is -1.57. The highest BCUT2D eigenvalue weighted by Gasteiger charge is 2.18. The highest BCUT2D eigenvalue weighted by atomic mass is 35.5. The molecule has 0 aliphatic rings. The molecule has 0 amide bonds. The summed E-state index contributed by atoms with van der Waals surface area (Å²) in [6.07, 6.45) is 1.25. The molecular formula is C11H9Cl2N3O3S. The van der Waals surface area contributed by atoms with Gasteiger partial charge in [-0.1, -0.05) is 23.2 Å². The fourth-order valence-electron chi connectivity index (χ4n) is 1.37. The summed E-state index contributed by atoms with van der Waals surface area (Å²) in [5, 5.41) is 0.476. The molecule has 0 fully saturated rings. The topological polar surface area (TPSA) is 81.2 Å². The normalized spacial score (nSPS) is 11.2. The molecule has 0 aliphatic carbocycles. The highest BCUT2D eigenvalue weighted by molar-refractivity contribution is 7.92. The van der Waals surface area contributed by atoms with Crippen molar-refractivity contribution in [2.75, 3.05) is 11.8 Å². The van der Waals surface area contributed by atoms with Crippen LogP contribution in [0.1, 0.15) is 0 Å². The van der Waals surface area contributed by atoms with Crippen molar-refractivity contribution in [3.05, 3.63) is 40.6 Å². The van der Waals surface area contributed by atoms with E-state index in [-0.39, 0.29) is 21.7 Å². The van der Waals surface area contributed by atoms with Crippen LogP contribution < -0.4 is 9.46 Å². The van der Waals surface area contributed by atoms with Gasteiger partial charge in [-0.25, -0.2) is 18.4 Å². The maximum absolute atomic E-state index is 12.2. The van der Waals surface area contributed by atoms with Crippen molar-refractivity contribution in [3.8, 4) is 5.88 Å². The molecule has 1 heterocycles. The van der Waals surface area contributed by atoms with E-state index in [2.05, 4.69) is 14.7 Å². The van der Waals surface area contributed by atoms with Crippen molar-refractivity contribution in [3.63, 3.8) is 0 Å². The van der Waals surface area contributed by atoms with E-state index in [4.69, 9.17) is 27.9 Å². The lowest BCUT2D eigenvalue weighted by atomic mass is 10.4. The smallest absolute Gasteiger partial charge is 0.263 e. The fraction of sp³-hybridized carbons (Fsp3) is 0.0909. The largest absolute Gasteiger partial charge is 0.478 e. The second-order valence-electron chi connectivity index (χ2n) is 3.61.